The van der Waals surface area contributed by atoms with E-state index in [0.29, 0.717) is 22.6 Å². The molecule has 0 aliphatic carbocycles. The number of aliphatic carboxylic acids is 1. The summed E-state index contributed by atoms with van der Waals surface area (Å²) in [5, 5.41) is 9.58. The van der Waals surface area contributed by atoms with Crippen molar-refractivity contribution in [1.29, 1.82) is 0 Å². The molecule has 0 fully saturated rings. The lowest BCUT2D eigenvalue weighted by Crippen LogP contribution is -2.45. The van der Waals surface area contributed by atoms with Crippen LogP contribution >= 0.6 is 12.4 Å². The molecule has 150 valence electrons. The minimum Gasteiger partial charge on any atom is -0.480 e. The summed E-state index contributed by atoms with van der Waals surface area (Å²) in [5.41, 5.74) is 1.22. The van der Waals surface area contributed by atoms with Crippen LogP contribution in [0.15, 0.2) is 36.4 Å². The second-order valence-electron chi connectivity index (χ2n) is 6.63. The van der Waals surface area contributed by atoms with Crippen molar-refractivity contribution >= 4 is 18.4 Å². The van der Waals surface area contributed by atoms with Gasteiger partial charge in [0.2, 0.25) is 6.79 Å². The van der Waals surface area contributed by atoms with Crippen molar-refractivity contribution in [3.8, 4) is 11.5 Å². The Labute approximate surface area is 165 Å². The van der Waals surface area contributed by atoms with E-state index in [1.54, 1.807) is 23.1 Å². The van der Waals surface area contributed by atoms with Crippen LogP contribution in [0.5, 0.6) is 11.5 Å². The van der Waals surface area contributed by atoms with E-state index < -0.39 is 23.8 Å². The quantitative estimate of drug-likeness (QED) is 0.824. The van der Waals surface area contributed by atoms with Crippen molar-refractivity contribution in [2.75, 3.05) is 6.79 Å². The van der Waals surface area contributed by atoms with Gasteiger partial charge in [-0.05, 0) is 47.4 Å². The first-order chi connectivity index (χ1) is 12.8. The van der Waals surface area contributed by atoms with Crippen LogP contribution in [-0.4, -0.2) is 28.8 Å². The standard InChI is InChI=1S/C19H16F3NO4.ClH/c20-19(21,22)14-3-2-12-7-15(18(24)25)23(9-13(12)6-14)8-11-1-4-16-17(5-11)27-10-26-16;/h1-6,15H,7-10H2,(H,24,25);1H. The Balaban J connectivity index is 0.00000225. The van der Waals surface area contributed by atoms with Crippen LogP contribution in [0.3, 0.4) is 0 Å². The predicted molar refractivity (Wildman–Crippen MR) is 95.6 cm³/mol. The van der Waals surface area contributed by atoms with Gasteiger partial charge in [0.1, 0.15) is 6.04 Å². The number of fused-ring (bicyclic) bond motifs is 2. The molecule has 5 nitrogen and oxygen atoms in total. The van der Waals surface area contributed by atoms with E-state index in [1.807, 2.05) is 0 Å². The van der Waals surface area contributed by atoms with Crippen molar-refractivity contribution < 1.29 is 32.5 Å². The Kier molecular flexibility index (Phi) is 5.45. The highest BCUT2D eigenvalue weighted by Gasteiger charge is 2.35. The maximum atomic E-state index is 13.0. The Morgan fingerprint density at radius 1 is 1.11 bits per heavy atom. The number of nitrogens with zero attached hydrogens (tertiary/aromatic N) is 1. The van der Waals surface area contributed by atoms with Gasteiger partial charge in [-0.1, -0.05) is 12.1 Å². The summed E-state index contributed by atoms with van der Waals surface area (Å²) >= 11 is 0. The molecule has 0 saturated heterocycles. The molecule has 0 bridgehead atoms. The van der Waals surface area contributed by atoms with Gasteiger partial charge in [-0.15, -0.1) is 12.4 Å². The van der Waals surface area contributed by atoms with Gasteiger partial charge >= 0.3 is 12.1 Å². The van der Waals surface area contributed by atoms with E-state index in [4.69, 9.17) is 9.47 Å². The van der Waals surface area contributed by atoms with Crippen LogP contribution in [0.2, 0.25) is 0 Å². The third-order valence-electron chi connectivity index (χ3n) is 4.87. The predicted octanol–water partition coefficient (Wildman–Crippen LogP) is 3.87. The number of halogens is 4. The average molecular weight is 416 g/mol. The zero-order valence-corrected chi connectivity index (χ0v) is 15.3. The van der Waals surface area contributed by atoms with Gasteiger partial charge < -0.3 is 14.6 Å². The number of alkyl halides is 3. The van der Waals surface area contributed by atoms with Crippen molar-refractivity contribution in [3.05, 3.63) is 58.7 Å². The fourth-order valence-electron chi connectivity index (χ4n) is 3.50. The number of hydrogen-bond donors (Lipinski definition) is 1. The molecule has 2 aliphatic heterocycles. The van der Waals surface area contributed by atoms with E-state index in [1.165, 1.54) is 6.07 Å². The SMILES string of the molecule is Cl.O=C(O)C1Cc2ccc(C(F)(F)F)cc2CN1Cc1ccc2c(c1)OCO2. The smallest absolute Gasteiger partial charge is 0.416 e. The zero-order chi connectivity index (χ0) is 19.2. The molecule has 1 unspecified atom stereocenters. The number of benzene rings is 2. The van der Waals surface area contributed by atoms with Crippen LogP contribution in [-0.2, 0) is 30.5 Å². The van der Waals surface area contributed by atoms with Crippen LogP contribution in [0.25, 0.3) is 0 Å². The lowest BCUT2D eigenvalue weighted by atomic mass is 9.92. The summed E-state index contributed by atoms with van der Waals surface area (Å²) in [5.74, 6) is 0.199. The van der Waals surface area contributed by atoms with Crippen LogP contribution in [0.1, 0.15) is 22.3 Å². The second kappa shape index (κ2) is 7.52. The van der Waals surface area contributed by atoms with Gasteiger partial charge in [-0.2, -0.15) is 13.2 Å². The Morgan fingerprint density at radius 3 is 2.57 bits per heavy atom. The molecule has 0 amide bonds. The van der Waals surface area contributed by atoms with Gasteiger partial charge in [0.05, 0.1) is 5.56 Å². The normalized spacial score (nSPS) is 18.3. The van der Waals surface area contributed by atoms with Gasteiger partial charge in [-0.3, -0.25) is 9.69 Å². The number of rotatable bonds is 3. The van der Waals surface area contributed by atoms with E-state index in [0.717, 1.165) is 17.7 Å². The van der Waals surface area contributed by atoms with Gasteiger partial charge in [0.15, 0.2) is 11.5 Å². The van der Waals surface area contributed by atoms with Crippen molar-refractivity contribution in [1.82, 2.24) is 4.90 Å². The third-order valence-corrected chi connectivity index (χ3v) is 4.87. The lowest BCUT2D eigenvalue weighted by Gasteiger charge is -2.34. The minimum atomic E-state index is -4.43. The molecule has 9 heteroatoms. The average Bonchev–Trinajstić information content (AvgIpc) is 3.07. The molecule has 2 heterocycles. The monoisotopic (exact) mass is 415 g/mol. The summed E-state index contributed by atoms with van der Waals surface area (Å²) in [7, 11) is 0. The molecule has 28 heavy (non-hydrogen) atoms. The molecule has 0 radical (unpaired) electrons. The lowest BCUT2D eigenvalue weighted by molar-refractivity contribution is -0.144. The van der Waals surface area contributed by atoms with E-state index in [-0.39, 0.29) is 38.7 Å². The number of hydrogen-bond acceptors (Lipinski definition) is 4. The van der Waals surface area contributed by atoms with Gasteiger partial charge in [-0.25, -0.2) is 0 Å². The highest BCUT2D eigenvalue weighted by atomic mass is 35.5. The molecule has 0 saturated carbocycles. The number of ether oxygens (including phenoxy) is 2. The summed E-state index contributed by atoms with van der Waals surface area (Å²) in [4.78, 5) is 13.4. The summed E-state index contributed by atoms with van der Waals surface area (Å²) < 4.78 is 49.6. The fourth-order valence-corrected chi connectivity index (χ4v) is 3.50. The molecule has 2 aromatic carbocycles. The van der Waals surface area contributed by atoms with Crippen molar-refractivity contribution in [2.45, 2.75) is 31.7 Å². The molecule has 2 aromatic rings. The molecule has 1 atom stereocenters. The summed E-state index contributed by atoms with van der Waals surface area (Å²) in [6, 6.07) is 8.00. The molecule has 0 spiro atoms. The van der Waals surface area contributed by atoms with Crippen molar-refractivity contribution in [2.24, 2.45) is 0 Å². The Bertz CT molecular complexity index is 903. The molecular weight excluding hydrogens is 399 g/mol. The topological polar surface area (TPSA) is 59.0 Å². The first kappa shape index (κ1) is 20.3. The second-order valence-corrected chi connectivity index (χ2v) is 6.63. The van der Waals surface area contributed by atoms with Gasteiger partial charge in [0, 0.05) is 13.1 Å². The molecule has 2 aliphatic rings. The van der Waals surface area contributed by atoms with Crippen LogP contribution in [0.4, 0.5) is 13.2 Å². The van der Waals surface area contributed by atoms with E-state index in [2.05, 4.69) is 0 Å². The maximum absolute atomic E-state index is 13.0. The summed E-state index contributed by atoms with van der Waals surface area (Å²) in [6.45, 7) is 0.543. The first-order valence-corrected chi connectivity index (χ1v) is 8.35. The number of carboxylic acids is 1. The van der Waals surface area contributed by atoms with E-state index >= 15 is 0 Å². The van der Waals surface area contributed by atoms with Crippen LogP contribution in [0, 0.1) is 0 Å². The number of carbonyl (C=O) groups is 1. The highest BCUT2D eigenvalue weighted by Crippen LogP contribution is 2.35. The van der Waals surface area contributed by atoms with E-state index in [9.17, 15) is 23.1 Å². The molecule has 1 N–H and O–H groups in total. The van der Waals surface area contributed by atoms with Crippen molar-refractivity contribution in [3.63, 3.8) is 0 Å². The summed E-state index contributed by atoms with van der Waals surface area (Å²) in [6.07, 6.45) is -4.27. The van der Waals surface area contributed by atoms with Crippen LogP contribution < -0.4 is 9.47 Å². The first-order valence-electron chi connectivity index (χ1n) is 8.35. The Hall–Kier alpha value is -2.45. The molecule has 4 rings (SSSR count). The highest BCUT2D eigenvalue weighted by molar-refractivity contribution is 5.85. The number of carboxylic acid groups (broad SMARTS) is 1. The minimum absolute atomic E-state index is 0. The molecule has 0 aromatic heterocycles. The largest absolute Gasteiger partial charge is 0.480 e. The molecular formula is C19H17ClF3NO4. The fraction of sp³-hybridized carbons (Fsp3) is 0.316. The third kappa shape index (κ3) is 3.88. The maximum Gasteiger partial charge on any atom is 0.416 e. The zero-order valence-electron chi connectivity index (χ0n) is 14.5. The Morgan fingerprint density at radius 2 is 1.86 bits per heavy atom. The van der Waals surface area contributed by atoms with Gasteiger partial charge in [0.25, 0.3) is 0 Å².